The van der Waals surface area contributed by atoms with Crippen molar-refractivity contribution in [2.24, 2.45) is 0 Å². The molecule has 1 aromatic rings. The molecule has 0 radical (unpaired) electrons. The molecule has 0 fully saturated rings. The first-order valence-corrected chi connectivity index (χ1v) is 5.15. The van der Waals surface area contributed by atoms with Crippen LogP contribution in [-0.2, 0) is 17.5 Å². The first-order chi connectivity index (χ1) is 7.86. The highest BCUT2D eigenvalue weighted by Gasteiger charge is 2.34. The zero-order valence-corrected chi connectivity index (χ0v) is 9.25. The third-order valence-electron chi connectivity index (χ3n) is 2.20. The summed E-state index contributed by atoms with van der Waals surface area (Å²) in [5.41, 5.74) is -1.90. The van der Waals surface area contributed by atoms with Crippen molar-refractivity contribution in [1.82, 2.24) is 4.57 Å². The molecular formula is C11H12F3NO2. The number of ketones is 1. The maximum absolute atomic E-state index is 12.6. The second kappa shape index (κ2) is 5.16. The SMILES string of the molecule is CCCC(=O)Cn1c(C(F)(F)F)cccc1=O. The van der Waals surface area contributed by atoms with Gasteiger partial charge in [0.1, 0.15) is 5.69 Å². The fraction of sp³-hybridized carbons (Fsp3) is 0.455. The molecule has 1 rings (SSSR count). The number of nitrogens with zero attached hydrogens (tertiary/aromatic N) is 1. The van der Waals surface area contributed by atoms with E-state index in [0.29, 0.717) is 11.0 Å². The van der Waals surface area contributed by atoms with Crippen molar-refractivity contribution in [3.05, 3.63) is 34.2 Å². The molecule has 6 heteroatoms. The first kappa shape index (κ1) is 13.5. The molecule has 0 aliphatic carbocycles. The van der Waals surface area contributed by atoms with E-state index in [2.05, 4.69) is 0 Å². The van der Waals surface area contributed by atoms with E-state index in [9.17, 15) is 22.8 Å². The van der Waals surface area contributed by atoms with Crippen LogP contribution in [0.4, 0.5) is 13.2 Å². The number of carbonyl (C=O) groups is 1. The molecule has 0 unspecified atom stereocenters. The Hall–Kier alpha value is -1.59. The Morgan fingerprint density at radius 3 is 2.53 bits per heavy atom. The average Bonchev–Trinajstić information content (AvgIpc) is 2.19. The number of pyridine rings is 1. The van der Waals surface area contributed by atoms with Gasteiger partial charge in [0, 0.05) is 12.5 Å². The largest absolute Gasteiger partial charge is 0.431 e. The van der Waals surface area contributed by atoms with Crippen LogP contribution < -0.4 is 5.56 Å². The zero-order chi connectivity index (χ0) is 13.1. The molecule has 1 aromatic heterocycles. The molecule has 0 atom stereocenters. The minimum atomic E-state index is -4.63. The van der Waals surface area contributed by atoms with E-state index in [-0.39, 0.29) is 12.2 Å². The minimum Gasteiger partial charge on any atom is -0.298 e. The number of halogens is 3. The molecular weight excluding hydrogens is 235 g/mol. The summed E-state index contributed by atoms with van der Waals surface area (Å²) >= 11 is 0. The van der Waals surface area contributed by atoms with Gasteiger partial charge in [0.05, 0.1) is 6.54 Å². The van der Waals surface area contributed by atoms with Crippen molar-refractivity contribution in [2.45, 2.75) is 32.5 Å². The summed E-state index contributed by atoms with van der Waals surface area (Å²) in [7, 11) is 0. The molecule has 0 N–H and O–H groups in total. The highest BCUT2D eigenvalue weighted by atomic mass is 19.4. The van der Waals surface area contributed by atoms with Gasteiger partial charge in [0.25, 0.3) is 5.56 Å². The summed E-state index contributed by atoms with van der Waals surface area (Å²) in [5.74, 6) is -0.383. The van der Waals surface area contributed by atoms with Gasteiger partial charge < -0.3 is 0 Å². The molecule has 0 aliphatic rings. The van der Waals surface area contributed by atoms with Crippen molar-refractivity contribution in [1.29, 1.82) is 0 Å². The average molecular weight is 247 g/mol. The molecule has 0 bridgehead atoms. The van der Waals surface area contributed by atoms with Gasteiger partial charge >= 0.3 is 6.18 Å². The molecule has 0 amide bonds. The van der Waals surface area contributed by atoms with Crippen LogP contribution in [0.5, 0.6) is 0 Å². The summed E-state index contributed by atoms with van der Waals surface area (Å²) in [6.45, 7) is 1.22. The number of hydrogen-bond acceptors (Lipinski definition) is 2. The lowest BCUT2D eigenvalue weighted by atomic mass is 10.2. The Labute approximate surface area is 95.9 Å². The summed E-state index contributed by atoms with van der Waals surface area (Å²) in [6.07, 6.45) is -3.92. The van der Waals surface area contributed by atoms with Crippen LogP contribution >= 0.6 is 0 Å². The maximum Gasteiger partial charge on any atom is 0.431 e. The standard InChI is InChI=1S/C11H12F3NO2/c1-2-4-8(16)7-15-9(11(12,13)14)5-3-6-10(15)17/h3,5-6H,2,4,7H2,1H3. The van der Waals surface area contributed by atoms with Gasteiger partial charge in [-0.3, -0.25) is 14.2 Å². The van der Waals surface area contributed by atoms with Crippen LogP contribution in [-0.4, -0.2) is 10.4 Å². The predicted octanol–water partition coefficient (Wildman–Crippen LogP) is 2.24. The summed E-state index contributed by atoms with van der Waals surface area (Å²) in [4.78, 5) is 22.7. The van der Waals surface area contributed by atoms with E-state index in [1.54, 1.807) is 6.92 Å². The second-order valence-corrected chi connectivity index (χ2v) is 3.62. The number of hydrogen-bond donors (Lipinski definition) is 0. The minimum absolute atomic E-state index is 0.165. The van der Waals surface area contributed by atoms with E-state index in [4.69, 9.17) is 0 Å². The summed E-state index contributed by atoms with van der Waals surface area (Å²) < 4.78 is 38.3. The lowest BCUT2D eigenvalue weighted by molar-refractivity contribution is -0.144. The number of Topliss-reactive ketones (excluding diaryl/α,β-unsaturated/α-hetero) is 1. The van der Waals surface area contributed by atoms with Crippen LogP contribution in [0.3, 0.4) is 0 Å². The molecule has 1 heterocycles. The van der Waals surface area contributed by atoms with Gasteiger partial charge in [-0.25, -0.2) is 0 Å². The Morgan fingerprint density at radius 2 is 2.00 bits per heavy atom. The topological polar surface area (TPSA) is 39.1 Å². The molecule has 3 nitrogen and oxygen atoms in total. The van der Waals surface area contributed by atoms with Crippen LogP contribution in [0.15, 0.2) is 23.0 Å². The number of alkyl halides is 3. The monoisotopic (exact) mass is 247 g/mol. The highest BCUT2D eigenvalue weighted by molar-refractivity contribution is 5.78. The summed E-state index contributed by atoms with van der Waals surface area (Å²) in [5, 5.41) is 0. The fourth-order valence-corrected chi connectivity index (χ4v) is 1.47. The van der Waals surface area contributed by atoms with Gasteiger partial charge in [-0.15, -0.1) is 0 Å². The van der Waals surface area contributed by atoms with Crippen LogP contribution in [0.2, 0.25) is 0 Å². The van der Waals surface area contributed by atoms with Gasteiger partial charge in [0.15, 0.2) is 5.78 Å². The lowest BCUT2D eigenvalue weighted by Crippen LogP contribution is -2.30. The molecule has 0 aromatic carbocycles. The quantitative estimate of drug-likeness (QED) is 0.818. The Morgan fingerprint density at radius 1 is 1.35 bits per heavy atom. The molecule has 0 aliphatic heterocycles. The van der Waals surface area contributed by atoms with Crippen molar-refractivity contribution < 1.29 is 18.0 Å². The van der Waals surface area contributed by atoms with E-state index in [1.807, 2.05) is 0 Å². The van der Waals surface area contributed by atoms with Crippen LogP contribution in [0.25, 0.3) is 0 Å². The molecule has 17 heavy (non-hydrogen) atoms. The van der Waals surface area contributed by atoms with Gasteiger partial charge in [-0.1, -0.05) is 13.0 Å². The highest BCUT2D eigenvalue weighted by Crippen LogP contribution is 2.28. The predicted molar refractivity (Wildman–Crippen MR) is 55.6 cm³/mol. The number of carbonyl (C=O) groups excluding carboxylic acids is 1. The molecule has 0 saturated carbocycles. The third kappa shape index (κ3) is 3.44. The number of aromatic nitrogens is 1. The Kier molecular flexibility index (Phi) is 4.09. The Bertz CT molecular complexity index is 463. The van der Waals surface area contributed by atoms with E-state index in [0.717, 1.165) is 18.2 Å². The fourth-order valence-electron chi connectivity index (χ4n) is 1.47. The maximum atomic E-state index is 12.6. The second-order valence-electron chi connectivity index (χ2n) is 3.62. The Balaban J connectivity index is 3.13. The smallest absolute Gasteiger partial charge is 0.298 e. The van der Waals surface area contributed by atoms with E-state index >= 15 is 0 Å². The van der Waals surface area contributed by atoms with Gasteiger partial charge in [0.2, 0.25) is 0 Å². The van der Waals surface area contributed by atoms with Crippen molar-refractivity contribution in [2.75, 3.05) is 0 Å². The van der Waals surface area contributed by atoms with E-state index < -0.39 is 24.0 Å². The molecule has 94 valence electrons. The van der Waals surface area contributed by atoms with E-state index in [1.165, 1.54) is 0 Å². The third-order valence-corrected chi connectivity index (χ3v) is 2.20. The molecule has 0 saturated heterocycles. The van der Waals surface area contributed by atoms with Crippen molar-refractivity contribution in [3.63, 3.8) is 0 Å². The van der Waals surface area contributed by atoms with Gasteiger partial charge in [-0.2, -0.15) is 13.2 Å². The van der Waals surface area contributed by atoms with Crippen molar-refractivity contribution in [3.8, 4) is 0 Å². The molecule has 0 spiro atoms. The number of rotatable bonds is 4. The normalized spacial score (nSPS) is 11.5. The van der Waals surface area contributed by atoms with Gasteiger partial charge in [-0.05, 0) is 12.5 Å². The first-order valence-electron chi connectivity index (χ1n) is 5.15. The van der Waals surface area contributed by atoms with Crippen LogP contribution in [0.1, 0.15) is 25.5 Å². The summed E-state index contributed by atoms with van der Waals surface area (Å²) in [6, 6.07) is 2.83. The lowest BCUT2D eigenvalue weighted by Gasteiger charge is -2.14. The van der Waals surface area contributed by atoms with Crippen molar-refractivity contribution >= 4 is 5.78 Å². The van der Waals surface area contributed by atoms with Crippen LogP contribution in [0, 0.1) is 0 Å². The zero-order valence-electron chi connectivity index (χ0n) is 9.25.